The molecule has 0 atom stereocenters. The van der Waals surface area contributed by atoms with E-state index in [0.717, 1.165) is 42.7 Å². The van der Waals surface area contributed by atoms with E-state index in [0.29, 0.717) is 5.56 Å². The molecule has 96 valence electrons. The van der Waals surface area contributed by atoms with Crippen molar-refractivity contribution in [3.63, 3.8) is 0 Å². The van der Waals surface area contributed by atoms with Crippen LogP contribution in [0.2, 0.25) is 0 Å². The van der Waals surface area contributed by atoms with Gasteiger partial charge in [-0.3, -0.25) is 0 Å². The molecule has 4 heteroatoms. The second-order valence-electron chi connectivity index (χ2n) is 4.44. The molecule has 0 aliphatic carbocycles. The molecule has 0 bridgehead atoms. The highest BCUT2D eigenvalue weighted by Gasteiger charge is 2.12. The van der Waals surface area contributed by atoms with Crippen LogP contribution in [0.4, 0.5) is 0 Å². The monoisotopic (exact) mass is 246 g/mol. The van der Waals surface area contributed by atoms with E-state index in [1.165, 1.54) is 0 Å². The molecule has 0 aliphatic heterocycles. The molecule has 0 aliphatic rings. The maximum atomic E-state index is 11.0. The fourth-order valence-electron chi connectivity index (χ4n) is 2.19. The summed E-state index contributed by atoms with van der Waals surface area (Å²) in [7, 11) is 0. The Bertz CT molecular complexity index is 572. The summed E-state index contributed by atoms with van der Waals surface area (Å²) in [6.45, 7) is 5.12. The van der Waals surface area contributed by atoms with Crippen LogP contribution < -0.4 is 0 Å². The minimum Gasteiger partial charge on any atom is -0.478 e. The van der Waals surface area contributed by atoms with Crippen LogP contribution in [0.15, 0.2) is 18.2 Å². The van der Waals surface area contributed by atoms with Gasteiger partial charge >= 0.3 is 5.97 Å². The molecule has 2 rings (SSSR count). The Morgan fingerprint density at radius 3 is 2.72 bits per heavy atom. The zero-order valence-corrected chi connectivity index (χ0v) is 10.8. The van der Waals surface area contributed by atoms with Crippen LogP contribution in [0.5, 0.6) is 0 Å². The van der Waals surface area contributed by atoms with Crippen LogP contribution in [0, 0.1) is 0 Å². The van der Waals surface area contributed by atoms with Gasteiger partial charge in [0.1, 0.15) is 5.82 Å². The first kappa shape index (κ1) is 12.6. The number of hydrogen-bond donors (Lipinski definition) is 1. The van der Waals surface area contributed by atoms with Gasteiger partial charge in [-0.1, -0.05) is 13.8 Å². The third kappa shape index (κ3) is 2.23. The Labute approximate surface area is 106 Å². The van der Waals surface area contributed by atoms with Crippen molar-refractivity contribution < 1.29 is 9.90 Å². The van der Waals surface area contributed by atoms with Crippen LogP contribution in [0.25, 0.3) is 11.0 Å². The second kappa shape index (κ2) is 5.21. The van der Waals surface area contributed by atoms with Gasteiger partial charge in [-0.05, 0) is 31.0 Å². The zero-order valence-electron chi connectivity index (χ0n) is 10.8. The fraction of sp³-hybridized carbons (Fsp3) is 0.429. The van der Waals surface area contributed by atoms with Gasteiger partial charge in [0.05, 0.1) is 16.6 Å². The van der Waals surface area contributed by atoms with Crippen molar-refractivity contribution in [3.8, 4) is 0 Å². The summed E-state index contributed by atoms with van der Waals surface area (Å²) in [6.07, 6.45) is 2.98. The number of hydrogen-bond acceptors (Lipinski definition) is 2. The number of aromatic carboxylic acids is 1. The third-order valence-corrected chi connectivity index (χ3v) is 3.00. The highest BCUT2D eigenvalue weighted by molar-refractivity contribution is 5.92. The predicted molar refractivity (Wildman–Crippen MR) is 71.0 cm³/mol. The molecule has 2 aromatic rings. The number of nitrogens with zero attached hydrogens (tertiary/aromatic N) is 2. The third-order valence-electron chi connectivity index (χ3n) is 3.00. The molecule has 0 saturated heterocycles. The average molecular weight is 246 g/mol. The van der Waals surface area contributed by atoms with E-state index in [1.54, 1.807) is 18.2 Å². The van der Waals surface area contributed by atoms with Gasteiger partial charge in [0.25, 0.3) is 0 Å². The van der Waals surface area contributed by atoms with Crippen LogP contribution in [-0.2, 0) is 13.0 Å². The van der Waals surface area contributed by atoms with Crippen LogP contribution in [-0.4, -0.2) is 20.6 Å². The van der Waals surface area contributed by atoms with E-state index in [9.17, 15) is 4.79 Å². The number of carbonyl (C=O) groups is 1. The number of benzene rings is 1. The SMILES string of the molecule is CCCc1nc2ccc(C(=O)O)cc2n1CCC. The van der Waals surface area contributed by atoms with Gasteiger partial charge in [-0.2, -0.15) is 0 Å². The molecular formula is C14H18N2O2. The number of carboxylic acids is 1. The van der Waals surface area contributed by atoms with Crippen LogP contribution in [0.3, 0.4) is 0 Å². The maximum absolute atomic E-state index is 11.0. The first-order valence-corrected chi connectivity index (χ1v) is 6.39. The Kier molecular flexibility index (Phi) is 3.65. The molecule has 1 heterocycles. The van der Waals surface area contributed by atoms with E-state index >= 15 is 0 Å². The lowest BCUT2D eigenvalue weighted by molar-refractivity contribution is 0.0697. The predicted octanol–water partition coefficient (Wildman–Crippen LogP) is 3.10. The molecular weight excluding hydrogens is 228 g/mol. The van der Waals surface area contributed by atoms with Gasteiger partial charge in [-0.25, -0.2) is 9.78 Å². The molecule has 1 aromatic heterocycles. The molecule has 0 spiro atoms. The van der Waals surface area contributed by atoms with E-state index in [1.807, 2.05) is 0 Å². The van der Waals surface area contributed by atoms with Gasteiger partial charge in [0, 0.05) is 13.0 Å². The summed E-state index contributed by atoms with van der Waals surface area (Å²) in [5.74, 6) is 0.162. The van der Waals surface area contributed by atoms with Crippen molar-refractivity contribution in [2.24, 2.45) is 0 Å². The summed E-state index contributed by atoms with van der Waals surface area (Å²) < 4.78 is 2.14. The number of imidazole rings is 1. The van der Waals surface area contributed by atoms with E-state index in [2.05, 4.69) is 23.4 Å². The molecule has 4 nitrogen and oxygen atoms in total. The van der Waals surface area contributed by atoms with Crippen molar-refractivity contribution in [1.29, 1.82) is 0 Å². The van der Waals surface area contributed by atoms with E-state index < -0.39 is 5.97 Å². The topological polar surface area (TPSA) is 55.1 Å². The average Bonchev–Trinajstić information content (AvgIpc) is 2.68. The Balaban J connectivity index is 2.59. The molecule has 0 radical (unpaired) electrons. The number of aryl methyl sites for hydroxylation is 2. The summed E-state index contributed by atoms with van der Waals surface area (Å²) in [5.41, 5.74) is 2.14. The van der Waals surface area contributed by atoms with Crippen LogP contribution >= 0.6 is 0 Å². The summed E-state index contributed by atoms with van der Waals surface area (Å²) >= 11 is 0. The minimum atomic E-state index is -0.891. The van der Waals surface area contributed by atoms with Gasteiger partial charge in [-0.15, -0.1) is 0 Å². The number of aromatic nitrogens is 2. The van der Waals surface area contributed by atoms with Crippen molar-refractivity contribution >= 4 is 17.0 Å². The largest absolute Gasteiger partial charge is 0.478 e. The number of fused-ring (bicyclic) bond motifs is 1. The zero-order chi connectivity index (χ0) is 13.1. The molecule has 18 heavy (non-hydrogen) atoms. The maximum Gasteiger partial charge on any atom is 0.335 e. The Morgan fingerprint density at radius 1 is 1.33 bits per heavy atom. The minimum absolute atomic E-state index is 0.322. The highest BCUT2D eigenvalue weighted by Crippen LogP contribution is 2.19. The lowest BCUT2D eigenvalue weighted by Gasteiger charge is -2.06. The van der Waals surface area contributed by atoms with Crippen molar-refractivity contribution in [2.75, 3.05) is 0 Å². The van der Waals surface area contributed by atoms with Gasteiger partial charge in [0.15, 0.2) is 0 Å². The molecule has 1 N–H and O–H groups in total. The van der Waals surface area contributed by atoms with Crippen molar-refractivity contribution in [2.45, 2.75) is 39.7 Å². The quantitative estimate of drug-likeness (QED) is 0.882. The number of rotatable bonds is 5. The number of carboxylic acid groups (broad SMARTS) is 1. The second-order valence-corrected chi connectivity index (χ2v) is 4.44. The van der Waals surface area contributed by atoms with Crippen molar-refractivity contribution in [1.82, 2.24) is 9.55 Å². The van der Waals surface area contributed by atoms with Crippen LogP contribution in [0.1, 0.15) is 42.9 Å². The Morgan fingerprint density at radius 2 is 2.11 bits per heavy atom. The first-order valence-electron chi connectivity index (χ1n) is 6.39. The molecule has 1 aromatic carbocycles. The molecule has 0 amide bonds. The van der Waals surface area contributed by atoms with Crippen molar-refractivity contribution in [3.05, 3.63) is 29.6 Å². The van der Waals surface area contributed by atoms with Gasteiger partial charge < -0.3 is 9.67 Å². The smallest absolute Gasteiger partial charge is 0.335 e. The lowest BCUT2D eigenvalue weighted by Crippen LogP contribution is -2.03. The summed E-state index contributed by atoms with van der Waals surface area (Å²) in [6, 6.07) is 5.13. The van der Waals surface area contributed by atoms with E-state index in [-0.39, 0.29) is 0 Å². The van der Waals surface area contributed by atoms with E-state index in [4.69, 9.17) is 5.11 Å². The molecule has 0 unspecified atom stereocenters. The molecule has 0 saturated carbocycles. The summed E-state index contributed by atoms with van der Waals surface area (Å²) in [4.78, 5) is 15.6. The fourth-order valence-corrected chi connectivity index (χ4v) is 2.19. The first-order chi connectivity index (χ1) is 8.67. The van der Waals surface area contributed by atoms with Gasteiger partial charge in [0.2, 0.25) is 0 Å². The highest BCUT2D eigenvalue weighted by atomic mass is 16.4. The summed E-state index contributed by atoms with van der Waals surface area (Å²) in [5, 5.41) is 9.05. The Hall–Kier alpha value is -1.84. The lowest BCUT2D eigenvalue weighted by atomic mass is 10.2. The molecule has 0 fully saturated rings. The standard InChI is InChI=1S/C14H18N2O2/c1-3-5-13-15-11-7-6-10(14(17)18)9-12(11)16(13)8-4-2/h6-7,9H,3-5,8H2,1-2H3,(H,17,18). The normalized spacial score (nSPS) is 11.0.